The molecule has 0 N–H and O–H groups in total. The SMILES string of the molecule is c1ccc(-c2cccc3c2sc2c(N(c4ccc(-c5ccc6oc7ccccc7c6c5)cc4)c4cccc(-c5cccc6ccccc56)c4)cccc23)cc1. The minimum atomic E-state index is 0.908. The highest BCUT2D eigenvalue weighted by atomic mass is 32.1. The number of para-hydroxylation sites is 1. The van der Waals surface area contributed by atoms with Gasteiger partial charge in [-0.25, -0.2) is 0 Å². The molecule has 0 saturated carbocycles. The molecule has 3 heteroatoms. The summed E-state index contributed by atoms with van der Waals surface area (Å²) in [5.41, 5.74) is 12.4. The summed E-state index contributed by atoms with van der Waals surface area (Å²) in [5.74, 6) is 0. The second-order valence-corrected chi connectivity index (χ2v) is 15.1. The van der Waals surface area contributed by atoms with Gasteiger partial charge in [0.2, 0.25) is 0 Å². The number of hydrogen-bond donors (Lipinski definition) is 0. The van der Waals surface area contributed by atoms with E-state index >= 15 is 0 Å². The molecule has 0 atom stereocenters. The van der Waals surface area contributed by atoms with Crippen molar-refractivity contribution in [2.75, 3.05) is 4.90 Å². The predicted molar refractivity (Wildman–Crippen MR) is 235 cm³/mol. The molecule has 11 aromatic rings. The molecule has 0 aliphatic rings. The number of anilines is 3. The normalized spacial score (nSPS) is 11.6. The first kappa shape index (κ1) is 31.6. The molecule has 0 aliphatic carbocycles. The maximum Gasteiger partial charge on any atom is 0.135 e. The highest BCUT2D eigenvalue weighted by molar-refractivity contribution is 7.27. The van der Waals surface area contributed by atoms with E-state index in [4.69, 9.17) is 4.42 Å². The van der Waals surface area contributed by atoms with Crippen molar-refractivity contribution < 1.29 is 4.42 Å². The summed E-state index contributed by atoms with van der Waals surface area (Å²) in [4.78, 5) is 2.44. The van der Waals surface area contributed by atoms with Crippen LogP contribution in [-0.4, -0.2) is 0 Å². The molecule has 0 bridgehead atoms. The van der Waals surface area contributed by atoms with Crippen molar-refractivity contribution >= 4 is 81.3 Å². The summed E-state index contributed by atoms with van der Waals surface area (Å²) in [5, 5.41) is 7.31. The van der Waals surface area contributed by atoms with Gasteiger partial charge in [-0.15, -0.1) is 11.3 Å². The third-order valence-corrected chi connectivity index (χ3v) is 12.1. The van der Waals surface area contributed by atoms with E-state index in [9.17, 15) is 0 Å². The number of fused-ring (bicyclic) bond motifs is 7. The summed E-state index contributed by atoms with van der Waals surface area (Å²) in [6.45, 7) is 0. The average molecular weight is 720 g/mol. The molecule has 0 amide bonds. The van der Waals surface area contributed by atoms with Gasteiger partial charge >= 0.3 is 0 Å². The van der Waals surface area contributed by atoms with E-state index in [1.165, 1.54) is 53.2 Å². The van der Waals surface area contributed by atoms with Crippen LogP contribution in [0.4, 0.5) is 17.1 Å². The molecule has 0 spiro atoms. The Morgan fingerprint density at radius 3 is 1.87 bits per heavy atom. The van der Waals surface area contributed by atoms with E-state index < -0.39 is 0 Å². The molecule has 0 unspecified atom stereocenters. The molecule has 55 heavy (non-hydrogen) atoms. The van der Waals surface area contributed by atoms with Gasteiger partial charge in [0, 0.05) is 37.6 Å². The first-order chi connectivity index (χ1) is 27.3. The van der Waals surface area contributed by atoms with E-state index in [2.05, 4.69) is 193 Å². The van der Waals surface area contributed by atoms with E-state index in [-0.39, 0.29) is 0 Å². The van der Waals surface area contributed by atoms with Gasteiger partial charge in [-0.3, -0.25) is 0 Å². The van der Waals surface area contributed by atoms with Crippen LogP contribution < -0.4 is 4.90 Å². The molecule has 2 heterocycles. The van der Waals surface area contributed by atoms with Gasteiger partial charge in [0.15, 0.2) is 0 Å². The Hall–Kier alpha value is -6.94. The summed E-state index contributed by atoms with van der Waals surface area (Å²) in [7, 11) is 0. The third kappa shape index (κ3) is 5.32. The van der Waals surface area contributed by atoms with Gasteiger partial charge in [-0.1, -0.05) is 152 Å². The Bertz CT molecular complexity index is 3200. The average Bonchev–Trinajstić information content (AvgIpc) is 3.83. The summed E-state index contributed by atoms with van der Waals surface area (Å²) < 4.78 is 8.71. The minimum absolute atomic E-state index is 0.908. The Kier molecular flexibility index (Phi) is 7.39. The lowest BCUT2D eigenvalue weighted by molar-refractivity contribution is 0.669. The van der Waals surface area contributed by atoms with Crippen LogP contribution in [0.25, 0.3) is 86.3 Å². The number of hydrogen-bond acceptors (Lipinski definition) is 3. The lowest BCUT2D eigenvalue weighted by Gasteiger charge is -2.27. The molecule has 2 nitrogen and oxygen atoms in total. The zero-order valence-corrected chi connectivity index (χ0v) is 30.6. The number of rotatable bonds is 6. The van der Waals surface area contributed by atoms with Crippen molar-refractivity contribution in [2.24, 2.45) is 0 Å². The largest absolute Gasteiger partial charge is 0.456 e. The van der Waals surface area contributed by atoms with E-state index in [1.807, 2.05) is 23.5 Å². The first-order valence-corrected chi connectivity index (χ1v) is 19.5. The van der Waals surface area contributed by atoms with Crippen LogP contribution in [0.15, 0.2) is 205 Å². The molecule has 258 valence electrons. The molecule has 0 aliphatic heterocycles. The predicted octanol–water partition coefficient (Wildman–Crippen LogP) is 15.6. The Morgan fingerprint density at radius 1 is 0.345 bits per heavy atom. The zero-order valence-electron chi connectivity index (χ0n) is 29.8. The van der Waals surface area contributed by atoms with Crippen molar-refractivity contribution in [3.05, 3.63) is 200 Å². The Morgan fingerprint density at radius 2 is 0.982 bits per heavy atom. The van der Waals surface area contributed by atoms with E-state index in [1.54, 1.807) is 0 Å². The molecule has 0 fully saturated rings. The van der Waals surface area contributed by atoms with Crippen LogP contribution in [0, 0.1) is 0 Å². The topological polar surface area (TPSA) is 16.4 Å². The molecule has 0 saturated heterocycles. The second-order valence-electron chi connectivity index (χ2n) is 14.1. The quantitative estimate of drug-likeness (QED) is 0.170. The molecule has 9 aromatic carbocycles. The van der Waals surface area contributed by atoms with Gasteiger partial charge in [-0.2, -0.15) is 0 Å². The number of thiophene rings is 1. The van der Waals surface area contributed by atoms with Gasteiger partial charge in [0.25, 0.3) is 0 Å². The zero-order chi connectivity index (χ0) is 36.3. The number of benzene rings is 9. The van der Waals surface area contributed by atoms with Crippen LogP contribution in [0.5, 0.6) is 0 Å². The second kappa shape index (κ2) is 12.9. The lowest BCUT2D eigenvalue weighted by Crippen LogP contribution is -2.10. The van der Waals surface area contributed by atoms with Crippen molar-refractivity contribution in [1.82, 2.24) is 0 Å². The summed E-state index contributed by atoms with van der Waals surface area (Å²) in [6, 6.07) is 72.2. The van der Waals surface area contributed by atoms with Gasteiger partial charge in [0.1, 0.15) is 11.2 Å². The van der Waals surface area contributed by atoms with Gasteiger partial charge < -0.3 is 9.32 Å². The minimum Gasteiger partial charge on any atom is -0.456 e. The highest BCUT2D eigenvalue weighted by Gasteiger charge is 2.20. The number of nitrogens with zero attached hydrogens (tertiary/aromatic N) is 1. The maximum absolute atomic E-state index is 6.14. The molecule has 2 aromatic heterocycles. The molecular formula is C52H33NOS. The van der Waals surface area contributed by atoms with Crippen LogP contribution in [0.2, 0.25) is 0 Å². The van der Waals surface area contributed by atoms with Crippen LogP contribution in [-0.2, 0) is 0 Å². The molecule has 0 radical (unpaired) electrons. The van der Waals surface area contributed by atoms with Gasteiger partial charge in [-0.05, 0) is 92.7 Å². The van der Waals surface area contributed by atoms with Crippen molar-refractivity contribution in [3.63, 3.8) is 0 Å². The fourth-order valence-corrected chi connectivity index (χ4v) is 9.59. The maximum atomic E-state index is 6.14. The monoisotopic (exact) mass is 719 g/mol. The van der Waals surface area contributed by atoms with E-state index in [0.29, 0.717) is 0 Å². The highest BCUT2D eigenvalue weighted by Crippen LogP contribution is 2.48. The first-order valence-electron chi connectivity index (χ1n) is 18.7. The fraction of sp³-hybridized carbons (Fsp3) is 0. The Balaban J connectivity index is 1.09. The third-order valence-electron chi connectivity index (χ3n) is 10.9. The molecular weight excluding hydrogens is 687 g/mol. The van der Waals surface area contributed by atoms with Crippen molar-refractivity contribution in [1.29, 1.82) is 0 Å². The Labute approximate surface area is 322 Å². The molecule has 11 rings (SSSR count). The number of furan rings is 1. The lowest BCUT2D eigenvalue weighted by atomic mass is 9.97. The van der Waals surface area contributed by atoms with Crippen LogP contribution >= 0.6 is 11.3 Å². The van der Waals surface area contributed by atoms with Crippen LogP contribution in [0.1, 0.15) is 0 Å². The summed E-state index contributed by atoms with van der Waals surface area (Å²) >= 11 is 1.88. The van der Waals surface area contributed by atoms with Gasteiger partial charge in [0.05, 0.1) is 10.4 Å². The van der Waals surface area contributed by atoms with E-state index in [0.717, 1.165) is 50.1 Å². The van der Waals surface area contributed by atoms with Crippen molar-refractivity contribution in [3.8, 4) is 33.4 Å². The summed E-state index contributed by atoms with van der Waals surface area (Å²) in [6.07, 6.45) is 0. The van der Waals surface area contributed by atoms with Crippen molar-refractivity contribution in [2.45, 2.75) is 0 Å². The standard InChI is InChI=1S/C52H33NOS/c1-2-12-36(13-3-1)43-21-10-22-45-46-23-11-24-48(52(46)55-51(43)45)53(40-17-8-16-38(32-40)42-20-9-15-35-14-4-5-18-41(35)42)39-29-26-34(27-30-39)37-28-31-50-47(33-37)44-19-6-7-25-49(44)54-50/h1-33H. The van der Waals surface area contributed by atoms with Crippen LogP contribution in [0.3, 0.4) is 0 Å². The fourth-order valence-electron chi connectivity index (χ4n) is 8.25. The smallest absolute Gasteiger partial charge is 0.135 e.